The Morgan fingerprint density at radius 2 is 1.44 bits per heavy atom. The Morgan fingerprint density at radius 1 is 0.889 bits per heavy atom. The molecule has 0 radical (unpaired) electrons. The molecular weight excluding hydrogens is 338 g/mol. The van der Waals surface area contributed by atoms with Crippen molar-refractivity contribution in [3.63, 3.8) is 0 Å². The number of rotatable bonds is 7. The molecule has 0 spiro atoms. The number of ether oxygens (including phenoxy) is 1. The summed E-state index contributed by atoms with van der Waals surface area (Å²) in [5.41, 5.74) is 0. The number of hydrogen-bond acceptors (Lipinski definition) is 4. The standard InChI is InChI=1S/C22H41N3O2/c1-2-19-27-22(26)24-16-13-23(14-17-24)15-18-25(20-9-5-3-6-10-20)21-11-7-4-8-12-21/h20-21H,2-19H2,1H3. The number of carbonyl (C=O) groups is 1. The van der Waals surface area contributed by atoms with Crippen molar-refractivity contribution in [1.29, 1.82) is 0 Å². The lowest BCUT2D eigenvalue weighted by molar-refractivity contribution is 0.0508. The molecule has 5 nitrogen and oxygen atoms in total. The van der Waals surface area contributed by atoms with E-state index in [1.165, 1.54) is 70.8 Å². The normalized spacial score (nSPS) is 23.7. The van der Waals surface area contributed by atoms with Crippen LogP contribution in [0.1, 0.15) is 77.6 Å². The first-order valence-corrected chi connectivity index (χ1v) is 11.7. The SMILES string of the molecule is CCCOC(=O)N1CCN(CCN(C2CCCCC2)C2CCCCC2)CC1. The quantitative estimate of drug-likeness (QED) is 0.667. The molecule has 0 atom stereocenters. The van der Waals surface area contributed by atoms with Crippen LogP contribution in [0.4, 0.5) is 4.79 Å². The minimum atomic E-state index is -0.123. The van der Waals surface area contributed by atoms with Crippen molar-refractivity contribution < 1.29 is 9.53 Å². The van der Waals surface area contributed by atoms with E-state index in [1.54, 1.807) is 0 Å². The van der Waals surface area contributed by atoms with Gasteiger partial charge in [0.15, 0.2) is 0 Å². The monoisotopic (exact) mass is 379 g/mol. The molecule has 5 heteroatoms. The second kappa shape index (κ2) is 11.3. The smallest absolute Gasteiger partial charge is 0.409 e. The van der Waals surface area contributed by atoms with Crippen LogP contribution < -0.4 is 0 Å². The van der Waals surface area contributed by atoms with Crippen LogP contribution in [0, 0.1) is 0 Å². The summed E-state index contributed by atoms with van der Waals surface area (Å²) in [6.45, 7) is 8.56. The lowest BCUT2D eigenvalue weighted by atomic mass is 9.88. The zero-order valence-corrected chi connectivity index (χ0v) is 17.5. The molecule has 0 aromatic heterocycles. The van der Waals surface area contributed by atoms with Gasteiger partial charge in [-0.15, -0.1) is 0 Å². The molecule has 1 saturated heterocycles. The molecule has 0 aromatic carbocycles. The molecule has 1 amide bonds. The maximum Gasteiger partial charge on any atom is 0.409 e. The maximum atomic E-state index is 12.0. The molecule has 2 saturated carbocycles. The molecule has 0 bridgehead atoms. The van der Waals surface area contributed by atoms with Gasteiger partial charge in [-0.25, -0.2) is 4.79 Å². The van der Waals surface area contributed by atoms with Crippen molar-refractivity contribution in [3.8, 4) is 0 Å². The van der Waals surface area contributed by atoms with Gasteiger partial charge in [0.1, 0.15) is 0 Å². The van der Waals surface area contributed by atoms with Crippen LogP contribution in [-0.2, 0) is 4.74 Å². The van der Waals surface area contributed by atoms with Crippen molar-refractivity contribution >= 4 is 6.09 Å². The van der Waals surface area contributed by atoms with Crippen LogP contribution in [0.15, 0.2) is 0 Å². The average Bonchev–Trinajstić information content (AvgIpc) is 2.74. The van der Waals surface area contributed by atoms with Gasteiger partial charge >= 0.3 is 6.09 Å². The maximum absolute atomic E-state index is 12.0. The summed E-state index contributed by atoms with van der Waals surface area (Å²) in [5, 5.41) is 0. The first-order valence-electron chi connectivity index (χ1n) is 11.7. The van der Waals surface area contributed by atoms with E-state index in [4.69, 9.17) is 4.74 Å². The van der Waals surface area contributed by atoms with Crippen LogP contribution in [-0.4, -0.2) is 78.8 Å². The highest BCUT2D eigenvalue weighted by Gasteiger charge is 2.29. The first-order chi connectivity index (χ1) is 13.3. The zero-order chi connectivity index (χ0) is 18.9. The summed E-state index contributed by atoms with van der Waals surface area (Å²) < 4.78 is 5.28. The third-order valence-corrected chi connectivity index (χ3v) is 6.82. The van der Waals surface area contributed by atoms with E-state index in [2.05, 4.69) is 9.80 Å². The molecule has 3 aliphatic rings. The Labute approximate surface area is 166 Å². The molecule has 0 unspecified atom stereocenters. The van der Waals surface area contributed by atoms with Gasteiger partial charge in [-0.3, -0.25) is 9.80 Å². The van der Waals surface area contributed by atoms with Gasteiger partial charge in [-0.05, 0) is 32.1 Å². The average molecular weight is 380 g/mol. The summed E-state index contributed by atoms with van der Waals surface area (Å²) in [4.78, 5) is 19.4. The Morgan fingerprint density at radius 3 is 1.96 bits per heavy atom. The number of nitrogens with zero attached hydrogens (tertiary/aromatic N) is 3. The first kappa shape index (κ1) is 20.9. The van der Waals surface area contributed by atoms with Crippen LogP contribution in [0.25, 0.3) is 0 Å². The van der Waals surface area contributed by atoms with E-state index in [0.29, 0.717) is 6.61 Å². The second-order valence-corrected chi connectivity index (χ2v) is 8.76. The predicted molar refractivity (Wildman–Crippen MR) is 110 cm³/mol. The fourth-order valence-corrected chi connectivity index (χ4v) is 5.18. The van der Waals surface area contributed by atoms with E-state index in [-0.39, 0.29) is 6.09 Å². The lowest BCUT2D eigenvalue weighted by Gasteiger charge is -2.43. The molecule has 0 aromatic rings. The molecule has 3 rings (SSSR count). The number of hydrogen-bond donors (Lipinski definition) is 0. The highest BCUT2D eigenvalue weighted by Crippen LogP contribution is 2.30. The van der Waals surface area contributed by atoms with Gasteiger partial charge < -0.3 is 9.64 Å². The summed E-state index contributed by atoms with van der Waals surface area (Å²) in [6, 6.07) is 1.65. The van der Waals surface area contributed by atoms with E-state index in [9.17, 15) is 4.79 Å². The van der Waals surface area contributed by atoms with Gasteiger partial charge in [0.05, 0.1) is 6.61 Å². The van der Waals surface area contributed by atoms with Crippen molar-refractivity contribution in [2.45, 2.75) is 89.6 Å². The van der Waals surface area contributed by atoms with Crippen LogP contribution in [0.3, 0.4) is 0 Å². The molecule has 1 aliphatic heterocycles. The second-order valence-electron chi connectivity index (χ2n) is 8.76. The topological polar surface area (TPSA) is 36.0 Å². The van der Waals surface area contributed by atoms with Crippen molar-refractivity contribution in [2.75, 3.05) is 45.9 Å². The van der Waals surface area contributed by atoms with Gasteiger partial charge in [-0.1, -0.05) is 45.4 Å². The van der Waals surface area contributed by atoms with Crippen molar-refractivity contribution in [3.05, 3.63) is 0 Å². The molecule has 27 heavy (non-hydrogen) atoms. The molecule has 0 N–H and O–H groups in total. The number of amides is 1. The van der Waals surface area contributed by atoms with Gasteiger partial charge in [0, 0.05) is 51.4 Å². The Hall–Kier alpha value is -0.810. The zero-order valence-electron chi connectivity index (χ0n) is 17.5. The van der Waals surface area contributed by atoms with E-state index in [1.807, 2.05) is 11.8 Å². The third-order valence-electron chi connectivity index (χ3n) is 6.82. The van der Waals surface area contributed by atoms with Gasteiger partial charge in [0.2, 0.25) is 0 Å². The summed E-state index contributed by atoms with van der Waals surface area (Å²) in [6.07, 6.45) is 15.0. The molecule has 2 aliphatic carbocycles. The molecule has 3 fully saturated rings. The lowest BCUT2D eigenvalue weighted by Crippen LogP contribution is -2.52. The largest absolute Gasteiger partial charge is 0.449 e. The summed E-state index contributed by atoms with van der Waals surface area (Å²) in [5.74, 6) is 0. The fraction of sp³-hybridized carbons (Fsp3) is 0.955. The van der Waals surface area contributed by atoms with E-state index >= 15 is 0 Å². The predicted octanol–water partition coefficient (Wildman–Crippen LogP) is 4.12. The molecular formula is C22H41N3O2. The highest BCUT2D eigenvalue weighted by atomic mass is 16.6. The van der Waals surface area contributed by atoms with Crippen LogP contribution in [0.5, 0.6) is 0 Å². The number of piperazine rings is 1. The highest BCUT2D eigenvalue weighted by molar-refractivity contribution is 5.67. The van der Waals surface area contributed by atoms with Crippen LogP contribution >= 0.6 is 0 Å². The third kappa shape index (κ3) is 6.35. The van der Waals surface area contributed by atoms with Crippen molar-refractivity contribution in [2.24, 2.45) is 0 Å². The van der Waals surface area contributed by atoms with Gasteiger partial charge in [-0.2, -0.15) is 0 Å². The minimum Gasteiger partial charge on any atom is -0.449 e. The Bertz CT molecular complexity index is 407. The number of carbonyl (C=O) groups excluding carboxylic acids is 1. The molecule has 1 heterocycles. The Kier molecular flexibility index (Phi) is 8.72. The van der Waals surface area contributed by atoms with Crippen LogP contribution in [0.2, 0.25) is 0 Å². The van der Waals surface area contributed by atoms with Crippen molar-refractivity contribution in [1.82, 2.24) is 14.7 Å². The van der Waals surface area contributed by atoms with E-state index in [0.717, 1.165) is 51.2 Å². The van der Waals surface area contributed by atoms with Gasteiger partial charge in [0.25, 0.3) is 0 Å². The Balaban J connectivity index is 1.45. The fourth-order valence-electron chi connectivity index (χ4n) is 5.18. The molecule has 156 valence electrons. The summed E-state index contributed by atoms with van der Waals surface area (Å²) >= 11 is 0. The summed E-state index contributed by atoms with van der Waals surface area (Å²) in [7, 11) is 0. The van der Waals surface area contributed by atoms with E-state index < -0.39 is 0 Å². The minimum absolute atomic E-state index is 0.123.